The van der Waals surface area contributed by atoms with Crippen molar-refractivity contribution in [3.05, 3.63) is 101 Å². The molecule has 0 spiro atoms. The maximum atomic E-state index is 13.8. The maximum absolute atomic E-state index is 13.8. The molecular formula is C28H33F2N3O4S. The Balaban J connectivity index is 1.73. The van der Waals surface area contributed by atoms with Gasteiger partial charge in [-0.1, -0.05) is 38.1 Å². The van der Waals surface area contributed by atoms with Crippen molar-refractivity contribution in [1.29, 1.82) is 0 Å². The number of aliphatic hydroxyl groups excluding tert-OH is 1. The lowest BCUT2D eigenvalue weighted by Crippen LogP contribution is -2.48. The first-order valence-electron chi connectivity index (χ1n) is 12.4. The summed E-state index contributed by atoms with van der Waals surface area (Å²) >= 11 is 0. The quantitative estimate of drug-likeness (QED) is 0.264. The fourth-order valence-electron chi connectivity index (χ4n) is 4.04. The van der Waals surface area contributed by atoms with Gasteiger partial charge < -0.3 is 15.7 Å². The summed E-state index contributed by atoms with van der Waals surface area (Å²) in [5, 5.41) is 16.8. The second kappa shape index (κ2) is 13.6. The van der Waals surface area contributed by atoms with Crippen LogP contribution in [0.25, 0.3) is 0 Å². The van der Waals surface area contributed by atoms with Crippen LogP contribution in [0.2, 0.25) is 0 Å². The summed E-state index contributed by atoms with van der Waals surface area (Å²) in [4.78, 5) is 13.0. The van der Waals surface area contributed by atoms with Crippen molar-refractivity contribution in [1.82, 2.24) is 15.4 Å². The Morgan fingerprint density at radius 2 is 1.58 bits per heavy atom. The van der Waals surface area contributed by atoms with Gasteiger partial charge in [0.25, 0.3) is 5.91 Å². The van der Waals surface area contributed by atoms with Crippen LogP contribution in [0.15, 0.2) is 71.6 Å². The van der Waals surface area contributed by atoms with E-state index in [1.807, 2.05) is 18.2 Å². The standard InChI is InChI=1S/C28H33F2N3O4S/c1-3-19-6-5-7-20(12-19)17-31-18-27(34)26(15-21-13-23(29)16-24(30)14-21)33-28(35)22-8-10-25(11-9-22)38(36,37)32-4-2/h5-14,16,26-27,31-32,34H,3-4,15,17-18H2,1-2H3,(H,33,35)/t26-,27+/m0/s1. The van der Waals surface area contributed by atoms with E-state index in [9.17, 15) is 27.1 Å². The smallest absolute Gasteiger partial charge is 0.251 e. The molecule has 2 atom stereocenters. The minimum absolute atomic E-state index is 0.0130. The molecule has 0 aliphatic heterocycles. The molecule has 0 fully saturated rings. The molecule has 0 aromatic heterocycles. The molecule has 0 heterocycles. The van der Waals surface area contributed by atoms with E-state index < -0.39 is 39.7 Å². The maximum Gasteiger partial charge on any atom is 0.251 e. The second-order valence-electron chi connectivity index (χ2n) is 8.96. The second-order valence-corrected chi connectivity index (χ2v) is 10.7. The van der Waals surface area contributed by atoms with Crippen LogP contribution in [0.3, 0.4) is 0 Å². The lowest BCUT2D eigenvalue weighted by molar-refractivity contribution is 0.0829. The van der Waals surface area contributed by atoms with Crippen molar-refractivity contribution in [3.63, 3.8) is 0 Å². The van der Waals surface area contributed by atoms with E-state index in [4.69, 9.17) is 0 Å². The van der Waals surface area contributed by atoms with Crippen molar-refractivity contribution < 1.29 is 27.1 Å². The third-order valence-corrected chi connectivity index (χ3v) is 7.56. The van der Waals surface area contributed by atoms with Crippen LogP contribution in [0, 0.1) is 11.6 Å². The van der Waals surface area contributed by atoms with Gasteiger partial charge in [-0.25, -0.2) is 21.9 Å². The Morgan fingerprint density at radius 3 is 2.21 bits per heavy atom. The number of carbonyl (C=O) groups is 1. The highest BCUT2D eigenvalue weighted by Gasteiger charge is 2.23. The Hall–Kier alpha value is -3.18. The van der Waals surface area contributed by atoms with Gasteiger partial charge in [0.05, 0.1) is 17.0 Å². The van der Waals surface area contributed by atoms with Crippen LogP contribution < -0.4 is 15.4 Å². The zero-order chi connectivity index (χ0) is 27.7. The SMILES string of the molecule is CCNS(=O)(=O)c1ccc(C(=O)N[C@@H](Cc2cc(F)cc(F)c2)[C@H](O)CNCc2cccc(CC)c2)cc1. The first-order chi connectivity index (χ1) is 18.1. The van der Waals surface area contributed by atoms with Crippen LogP contribution in [0.5, 0.6) is 0 Å². The summed E-state index contributed by atoms with van der Waals surface area (Å²) in [5.74, 6) is -2.08. The van der Waals surface area contributed by atoms with E-state index in [-0.39, 0.29) is 35.5 Å². The largest absolute Gasteiger partial charge is 0.390 e. The predicted octanol–water partition coefficient (Wildman–Crippen LogP) is 3.32. The summed E-state index contributed by atoms with van der Waals surface area (Å²) in [6, 6.07) is 15.5. The lowest BCUT2D eigenvalue weighted by atomic mass is 10.00. The molecule has 204 valence electrons. The van der Waals surface area contributed by atoms with Crippen molar-refractivity contribution in [2.24, 2.45) is 0 Å². The summed E-state index contributed by atoms with van der Waals surface area (Å²) in [7, 11) is -3.68. The Morgan fingerprint density at radius 1 is 0.921 bits per heavy atom. The van der Waals surface area contributed by atoms with Gasteiger partial charge in [-0.3, -0.25) is 4.79 Å². The number of aryl methyl sites for hydroxylation is 1. The van der Waals surface area contributed by atoms with Crippen molar-refractivity contribution in [2.45, 2.75) is 50.3 Å². The molecule has 0 aliphatic rings. The highest BCUT2D eigenvalue weighted by Crippen LogP contribution is 2.14. The number of nitrogens with one attached hydrogen (secondary N) is 3. The molecule has 0 radical (unpaired) electrons. The monoisotopic (exact) mass is 545 g/mol. The average molecular weight is 546 g/mol. The molecule has 4 N–H and O–H groups in total. The van der Waals surface area contributed by atoms with Crippen LogP contribution in [0.1, 0.15) is 40.9 Å². The molecule has 10 heteroatoms. The number of hydrogen-bond acceptors (Lipinski definition) is 5. The molecule has 3 aromatic carbocycles. The Bertz CT molecular complexity index is 1310. The number of aliphatic hydroxyl groups is 1. The molecular weight excluding hydrogens is 512 g/mol. The molecule has 0 saturated heterocycles. The Labute approximate surface area is 222 Å². The van der Waals surface area contributed by atoms with Gasteiger partial charge in [-0.15, -0.1) is 0 Å². The predicted molar refractivity (Wildman–Crippen MR) is 142 cm³/mol. The van der Waals surface area contributed by atoms with E-state index in [0.717, 1.165) is 30.2 Å². The molecule has 3 aromatic rings. The first-order valence-corrected chi connectivity index (χ1v) is 13.9. The van der Waals surface area contributed by atoms with E-state index in [2.05, 4.69) is 28.3 Å². The van der Waals surface area contributed by atoms with Crippen molar-refractivity contribution in [3.8, 4) is 0 Å². The number of hydrogen-bond donors (Lipinski definition) is 4. The van der Waals surface area contributed by atoms with E-state index >= 15 is 0 Å². The van der Waals surface area contributed by atoms with Crippen LogP contribution in [-0.2, 0) is 29.4 Å². The normalized spacial score (nSPS) is 13.2. The zero-order valence-corrected chi connectivity index (χ0v) is 22.2. The fraction of sp³-hybridized carbons (Fsp3) is 0.321. The van der Waals surface area contributed by atoms with E-state index in [1.54, 1.807) is 6.92 Å². The number of carbonyl (C=O) groups excluding carboxylic acids is 1. The third-order valence-electron chi connectivity index (χ3n) is 6.00. The van der Waals surface area contributed by atoms with Gasteiger partial charge in [0.1, 0.15) is 11.6 Å². The zero-order valence-electron chi connectivity index (χ0n) is 21.4. The number of benzene rings is 3. The van der Waals surface area contributed by atoms with Gasteiger partial charge in [0, 0.05) is 31.3 Å². The summed E-state index contributed by atoms with van der Waals surface area (Å²) in [6.07, 6.45) is -0.217. The number of amides is 1. The lowest BCUT2D eigenvalue weighted by Gasteiger charge is -2.25. The minimum atomic E-state index is -3.68. The average Bonchev–Trinajstić information content (AvgIpc) is 2.88. The summed E-state index contributed by atoms with van der Waals surface area (Å²) in [6.45, 7) is 4.55. The van der Waals surface area contributed by atoms with Gasteiger partial charge in [0.2, 0.25) is 10.0 Å². The highest BCUT2D eigenvalue weighted by molar-refractivity contribution is 7.89. The number of sulfonamides is 1. The van der Waals surface area contributed by atoms with Gasteiger partial charge >= 0.3 is 0 Å². The third kappa shape index (κ3) is 8.42. The molecule has 0 saturated carbocycles. The van der Waals surface area contributed by atoms with E-state index in [0.29, 0.717) is 6.54 Å². The van der Waals surface area contributed by atoms with Gasteiger partial charge in [-0.2, -0.15) is 0 Å². The molecule has 1 amide bonds. The van der Waals surface area contributed by atoms with Crippen LogP contribution >= 0.6 is 0 Å². The molecule has 0 aliphatic carbocycles. The summed E-state index contributed by atoms with van der Waals surface area (Å²) in [5.41, 5.74) is 2.67. The van der Waals surface area contributed by atoms with Crippen molar-refractivity contribution >= 4 is 15.9 Å². The van der Waals surface area contributed by atoms with Crippen LogP contribution in [-0.4, -0.2) is 44.7 Å². The number of halogens is 2. The van der Waals surface area contributed by atoms with E-state index in [1.165, 1.54) is 29.8 Å². The molecule has 0 bridgehead atoms. The summed E-state index contributed by atoms with van der Waals surface area (Å²) < 4.78 is 54.3. The van der Waals surface area contributed by atoms with Gasteiger partial charge in [-0.05, 0) is 65.9 Å². The molecule has 3 rings (SSSR count). The molecule has 38 heavy (non-hydrogen) atoms. The Kier molecular flexibility index (Phi) is 10.5. The van der Waals surface area contributed by atoms with Crippen molar-refractivity contribution in [2.75, 3.05) is 13.1 Å². The fourth-order valence-corrected chi connectivity index (χ4v) is 5.08. The topological polar surface area (TPSA) is 108 Å². The number of rotatable bonds is 13. The van der Waals surface area contributed by atoms with Crippen LogP contribution in [0.4, 0.5) is 8.78 Å². The molecule has 0 unspecified atom stereocenters. The minimum Gasteiger partial charge on any atom is -0.390 e. The van der Waals surface area contributed by atoms with Gasteiger partial charge in [0.15, 0.2) is 0 Å². The highest BCUT2D eigenvalue weighted by atomic mass is 32.2. The first kappa shape index (κ1) is 29.4. The molecule has 7 nitrogen and oxygen atoms in total.